The normalized spacial score (nSPS) is 11.8. The van der Waals surface area contributed by atoms with E-state index in [9.17, 15) is 14.0 Å². The fraction of sp³-hybridized carbons (Fsp3) is 0.333. The summed E-state index contributed by atoms with van der Waals surface area (Å²) in [5.41, 5.74) is 2.51. The fourth-order valence-electron chi connectivity index (χ4n) is 3.87. The van der Waals surface area contributed by atoms with Crippen LogP contribution in [0.3, 0.4) is 0 Å². The molecule has 8 heteroatoms. The van der Waals surface area contributed by atoms with Crippen LogP contribution in [0, 0.1) is 18.7 Å². The van der Waals surface area contributed by atoms with Gasteiger partial charge in [0, 0.05) is 23.4 Å². The van der Waals surface area contributed by atoms with E-state index in [1.807, 2.05) is 13.0 Å². The lowest BCUT2D eigenvalue weighted by Crippen LogP contribution is -2.25. The lowest BCUT2D eigenvalue weighted by atomic mass is 9.96. The number of hydrogen-bond donors (Lipinski definition) is 3. The van der Waals surface area contributed by atoms with E-state index in [-0.39, 0.29) is 30.7 Å². The van der Waals surface area contributed by atoms with Crippen molar-refractivity contribution in [2.75, 3.05) is 19.0 Å². The number of furan rings is 1. The maximum atomic E-state index is 14.8. The lowest BCUT2D eigenvalue weighted by molar-refractivity contribution is -0.136. The van der Waals surface area contributed by atoms with Gasteiger partial charge in [-0.1, -0.05) is 19.9 Å². The number of carboxylic acids is 1. The molecule has 3 aromatic rings. The summed E-state index contributed by atoms with van der Waals surface area (Å²) in [5.74, 6) is -0.117. The summed E-state index contributed by atoms with van der Waals surface area (Å²) >= 11 is 0. The number of anilines is 1. The molecule has 0 spiro atoms. The lowest BCUT2D eigenvalue weighted by Gasteiger charge is -2.21. The predicted molar refractivity (Wildman–Crippen MR) is 132 cm³/mol. The van der Waals surface area contributed by atoms with E-state index in [0.29, 0.717) is 28.6 Å². The van der Waals surface area contributed by atoms with E-state index in [1.54, 1.807) is 42.5 Å². The summed E-state index contributed by atoms with van der Waals surface area (Å²) in [5, 5.41) is 14.8. The minimum atomic E-state index is -0.965. The molecule has 1 aromatic heterocycles. The molecule has 3 N–H and O–H groups in total. The summed E-state index contributed by atoms with van der Waals surface area (Å²) in [6.45, 7) is 6.17. The Kier molecular flexibility index (Phi) is 8.52. The average molecular weight is 483 g/mol. The second kappa shape index (κ2) is 11.6. The number of methoxy groups -OCH3 is 1. The maximum Gasteiger partial charge on any atom is 0.305 e. The summed E-state index contributed by atoms with van der Waals surface area (Å²) in [7, 11) is 1.43. The highest BCUT2D eigenvalue weighted by atomic mass is 19.1. The van der Waals surface area contributed by atoms with Crippen LogP contribution in [0.25, 0.3) is 11.3 Å². The highest BCUT2D eigenvalue weighted by molar-refractivity contribution is 5.94. The SMILES string of the molecule is COc1cccc(-c2cc(C(CC(C)C)Nc3ccc(C(=O)NCCC(=O)O)cc3)c(C)o2)c1F. The van der Waals surface area contributed by atoms with Crippen LogP contribution in [-0.4, -0.2) is 30.6 Å². The Morgan fingerprint density at radius 2 is 1.86 bits per heavy atom. The van der Waals surface area contributed by atoms with Crippen molar-refractivity contribution in [2.24, 2.45) is 5.92 Å². The van der Waals surface area contributed by atoms with Gasteiger partial charge in [-0.2, -0.15) is 0 Å². The second-order valence-corrected chi connectivity index (χ2v) is 8.75. The molecule has 0 aliphatic carbocycles. The number of aryl methyl sites for hydroxylation is 1. The topological polar surface area (TPSA) is 101 Å². The fourth-order valence-corrected chi connectivity index (χ4v) is 3.87. The van der Waals surface area contributed by atoms with E-state index < -0.39 is 11.8 Å². The molecule has 0 aliphatic heterocycles. The number of carboxylic acid groups (broad SMARTS) is 1. The van der Waals surface area contributed by atoms with E-state index in [1.165, 1.54) is 7.11 Å². The Labute approximate surface area is 204 Å². The second-order valence-electron chi connectivity index (χ2n) is 8.75. The van der Waals surface area contributed by atoms with Gasteiger partial charge in [0.2, 0.25) is 0 Å². The quantitative estimate of drug-likeness (QED) is 0.319. The number of carbonyl (C=O) groups excluding carboxylic acids is 1. The number of ether oxygens (including phenoxy) is 1. The molecule has 0 bridgehead atoms. The van der Waals surface area contributed by atoms with Crippen molar-refractivity contribution in [3.8, 4) is 17.1 Å². The molecule has 1 atom stereocenters. The van der Waals surface area contributed by atoms with Crippen LogP contribution in [0.1, 0.15) is 54.4 Å². The summed E-state index contributed by atoms with van der Waals surface area (Å²) in [6, 6.07) is 13.7. The van der Waals surface area contributed by atoms with Gasteiger partial charge >= 0.3 is 5.97 Å². The van der Waals surface area contributed by atoms with E-state index >= 15 is 0 Å². The standard InChI is InChI=1S/C27H31FN2O5/c1-16(2)14-22(30-19-10-8-18(9-11-19)27(33)29-13-12-25(31)32)21-15-24(35-17(21)3)20-6-5-7-23(34-4)26(20)28/h5-11,15-16,22,30H,12-14H2,1-4H3,(H,29,33)(H,31,32). The Bertz CT molecular complexity index is 1170. The van der Waals surface area contributed by atoms with Crippen LogP contribution in [-0.2, 0) is 4.79 Å². The van der Waals surface area contributed by atoms with Gasteiger partial charge in [0.1, 0.15) is 11.5 Å². The van der Waals surface area contributed by atoms with Gasteiger partial charge in [-0.3, -0.25) is 9.59 Å². The van der Waals surface area contributed by atoms with Crippen LogP contribution in [0.15, 0.2) is 52.9 Å². The van der Waals surface area contributed by atoms with Crippen LogP contribution in [0.4, 0.5) is 10.1 Å². The Morgan fingerprint density at radius 3 is 2.49 bits per heavy atom. The zero-order valence-corrected chi connectivity index (χ0v) is 20.4. The van der Waals surface area contributed by atoms with Gasteiger partial charge in [0.05, 0.1) is 25.1 Å². The van der Waals surface area contributed by atoms with Gasteiger partial charge in [-0.15, -0.1) is 0 Å². The molecule has 0 radical (unpaired) electrons. The number of hydrogen-bond acceptors (Lipinski definition) is 5. The molecule has 186 valence electrons. The zero-order chi connectivity index (χ0) is 25.5. The van der Waals surface area contributed by atoms with E-state index in [0.717, 1.165) is 17.7 Å². The molecular weight excluding hydrogens is 451 g/mol. The minimum Gasteiger partial charge on any atom is -0.494 e. The largest absolute Gasteiger partial charge is 0.494 e. The molecule has 0 saturated heterocycles. The molecule has 0 aliphatic rings. The first-order chi connectivity index (χ1) is 16.7. The van der Waals surface area contributed by atoms with Gasteiger partial charge in [0.15, 0.2) is 11.6 Å². The molecule has 1 amide bonds. The molecule has 0 saturated carbocycles. The number of carbonyl (C=O) groups is 2. The van der Waals surface area contributed by atoms with Crippen LogP contribution >= 0.6 is 0 Å². The highest BCUT2D eigenvalue weighted by Crippen LogP contribution is 2.36. The van der Waals surface area contributed by atoms with Crippen LogP contribution < -0.4 is 15.4 Å². The molecule has 7 nitrogen and oxygen atoms in total. The van der Waals surface area contributed by atoms with Crippen molar-refractivity contribution in [1.29, 1.82) is 0 Å². The molecule has 1 heterocycles. The maximum absolute atomic E-state index is 14.8. The summed E-state index contributed by atoms with van der Waals surface area (Å²) < 4.78 is 25.9. The molecule has 1 unspecified atom stereocenters. The van der Waals surface area contributed by atoms with E-state index in [4.69, 9.17) is 14.3 Å². The van der Waals surface area contributed by atoms with Crippen LogP contribution in [0.2, 0.25) is 0 Å². The number of rotatable bonds is 11. The van der Waals surface area contributed by atoms with Gasteiger partial charge < -0.3 is 24.9 Å². The van der Waals surface area contributed by atoms with Crippen molar-refractivity contribution in [3.05, 3.63) is 71.2 Å². The Hall–Kier alpha value is -3.81. The third kappa shape index (κ3) is 6.62. The summed E-state index contributed by atoms with van der Waals surface area (Å²) in [6.07, 6.45) is 0.672. The number of amides is 1. The predicted octanol–water partition coefficient (Wildman–Crippen LogP) is 5.81. The van der Waals surface area contributed by atoms with Gasteiger partial charge in [-0.05, 0) is 61.7 Å². The Balaban J connectivity index is 1.81. The molecule has 35 heavy (non-hydrogen) atoms. The van der Waals surface area contributed by atoms with Crippen molar-refractivity contribution >= 4 is 17.6 Å². The monoisotopic (exact) mass is 482 g/mol. The third-order valence-electron chi connectivity index (χ3n) is 5.60. The Morgan fingerprint density at radius 1 is 1.14 bits per heavy atom. The average Bonchev–Trinajstić information content (AvgIpc) is 3.20. The zero-order valence-electron chi connectivity index (χ0n) is 20.4. The molecule has 3 rings (SSSR count). The highest BCUT2D eigenvalue weighted by Gasteiger charge is 2.22. The summed E-state index contributed by atoms with van der Waals surface area (Å²) in [4.78, 5) is 22.8. The number of halogens is 1. The van der Waals surface area contributed by atoms with Gasteiger partial charge in [-0.25, -0.2) is 4.39 Å². The van der Waals surface area contributed by atoms with Crippen LogP contribution in [0.5, 0.6) is 5.75 Å². The van der Waals surface area contributed by atoms with Crippen molar-refractivity contribution < 1.29 is 28.2 Å². The van der Waals surface area contributed by atoms with E-state index in [2.05, 4.69) is 24.5 Å². The third-order valence-corrected chi connectivity index (χ3v) is 5.60. The molecule has 0 fully saturated rings. The first kappa shape index (κ1) is 25.8. The molecule has 2 aromatic carbocycles. The number of aliphatic carboxylic acids is 1. The van der Waals surface area contributed by atoms with Gasteiger partial charge in [0.25, 0.3) is 5.91 Å². The first-order valence-electron chi connectivity index (χ1n) is 11.5. The van der Waals surface area contributed by atoms with Crippen molar-refractivity contribution in [2.45, 2.75) is 39.7 Å². The number of nitrogens with one attached hydrogen (secondary N) is 2. The van der Waals surface area contributed by atoms with Crippen molar-refractivity contribution in [3.63, 3.8) is 0 Å². The number of benzene rings is 2. The molecular formula is C27H31FN2O5. The smallest absolute Gasteiger partial charge is 0.305 e. The van der Waals surface area contributed by atoms with Crippen molar-refractivity contribution in [1.82, 2.24) is 5.32 Å². The minimum absolute atomic E-state index is 0.0701. The first-order valence-corrected chi connectivity index (χ1v) is 11.5.